The predicted molar refractivity (Wildman–Crippen MR) is 103 cm³/mol. The van der Waals surface area contributed by atoms with Crippen molar-refractivity contribution in [2.24, 2.45) is 17.8 Å². The molecule has 2 saturated carbocycles. The van der Waals surface area contributed by atoms with E-state index in [2.05, 4.69) is 5.32 Å². The lowest BCUT2D eigenvalue weighted by atomic mass is 9.61. The van der Waals surface area contributed by atoms with Gasteiger partial charge in [-0.15, -0.1) is 0 Å². The number of hydrogen-bond donors (Lipinski definition) is 1. The van der Waals surface area contributed by atoms with E-state index in [-0.39, 0.29) is 11.9 Å². The van der Waals surface area contributed by atoms with Crippen LogP contribution in [0.5, 0.6) is 11.5 Å². The second kappa shape index (κ2) is 7.34. The molecule has 4 rings (SSSR count). The molecule has 0 spiro atoms. The van der Waals surface area contributed by atoms with E-state index in [1.807, 2.05) is 38.1 Å². The summed E-state index contributed by atoms with van der Waals surface area (Å²) in [6.07, 6.45) is 6.54. The van der Waals surface area contributed by atoms with E-state index in [9.17, 15) is 4.79 Å². The van der Waals surface area contributed by atoms with Gasteiger partial charge in [0.15, 0.2) is 17.1 Å². The number of benzene rings is 1. The zero-order valence-corrected chi connectivity index (χ0v) is 16.6. The first-order valence-corrected chi connectivity index (χ1v) is 10.3. The van der Waals surface area contributed by atoms with Crippen LogP contribution in [0, 0.1) is 17.8 Å². The normalized spacial score (nSPS) is 30.5. The molecule has 148 valence electrons. The number of rotatable bonds is 6. The number of para-hydroxylation sites is 2. The molecule has 1 amide bonds. The number of methoxy groups -OCH3 is 1. The standard InChI is InChI=1S/C22H31NO4/c1-22(2,27-17-11-7-6-10-16(17)25-3)21(24)23-19-15-12-13-26-20(15)18(19)14-8-4-5-9-14/h6-7,10-11,14-15,18-20H,4-5,8-9,12-13H2,1-3H3,(H,23,24)/t15-,18+,19-,20-/m0/s1. The number of carbonyl (C=O) groups is 1. The van der Waals surface area contributed by atoms with Crippen molar-refractivity contribution in [1.29, 1.82) is 0 Å². The van der Waals surface area contributed by atoms with Gasteiger partial charge >= 0.3 is 0 Å². The summed E-state index contributed by atoms with van der Waals surface area (Å²) < 4.78 is 17.4. The fraction of sp³-hybridized carbons (Fsp3) is 0.682. The Bertz CT molecular complexity index is 678. The van der Waals surface area contributed by atoms with Crippen LogP contribution in [0.3, 0.4) is 0 Å². The summed E-state index contributed by atoms with van der Waals surface area (Å²) >= 11 is 0. The van der Waals surface area contributed by atoms with Crippen LogP contribution in [0.4, 0.5) is 0 Å². The van der Waals surface area contributed by atoms with Gasteiger partial charge in [-0.05, 0) is 38.3 Å². The van der Waals surface area contributed by atoms with Gasteiger partial charge < -0.3 is 19.5 Å². The summed E-state index contributed by atoms with van der Waals surface area (Å²) in [6, 6.07) is 7.66. The monoisotopic (exact) mass is 373 g/mol. The van der Waals surface area contributed by atoms with Crippen molar-refractivity contribution in [1.82, 2.24) is 5.32 Å². The molecule has 0 aromatic heterocycles. The minimum Gasteiger partial charge on any atom is -0.493 e. The van der Waals surface area contributed by atoms with Crippen LogP contribution < -0.4 is 14.8 Å². The molecule has 2 aliphatic carbocycles. The Morgan fingerprint density at radius 2 is 1.85 bits per heavy atom. The van der Waals surface area contributed by atoms with Crippen molar-refractivity contribution in [3.63, 3.8) is 0 Å². The topological polar surface area (TPSA) is 56.8 Å². The summed E-state index contributed by atoms with van der Waals surface area (Å²) in [6.45, 7) is 4.47. The second-order valence-corrected chi connectivity index (χ2v) is 8.67. The SMILES string of the molecule is COc1ccccc1OC(C)(C)C(=O)N[C@H]1[C@@H]2CCO[C@@H]2[C@@H]1C1CCCC1. The van der Waals surface area contributed by atoms with Crippen molar-refractivity contribution in [2.45, 2.75) is 63.7 Å². The molecular formula is C22H31NO4. The van der Waals surface area contributed by atoms with Crippen molar-refractivity contribution in [2.75, 3.05) is 13.7 Å². The van der Waals surface area contributed by atoms with Crippen LogP contribution in [0.1, 0.15) is 46.0 Å². The van der Waals surface area contributed by atoms with E-state index in [0.717, 1.165) is 13.0 Å². The van der Waals surface area contributed by atoms with Gasteiger partial charge in [-0.2, -0.15) is 0 Å². The van der Waals surface area contributed by atoms with E-state index < -0.39 is 5.60 Å². The first kappa shape index (κ1) is 18.6. The number of fused-ring (bicyclic) bond motifs is 1. The molecule has 5 heteroatoms. The molecule has 1 heterocycles. The van der Waals surface area contributed by atoms with Crippen LogP contribution in [0.2, 0.25) is 0 Å². The Balaban J connectivity index is 1.45. The first-order chi connectivity index (χ1) is 13.0. The maximum absolute atomic E-state index is 13.1. The largest absolute Gasteiger partial charge is 0.493 e. The van der Waals surface area contributed by atoms with Gasteiger partial charge in [-0.3, -0.25) is 4.79 Å². The van der Waals surface area contributed by atoms with Gasteiger partial charge in [0.1, 0.15) is 0 Å². The van der Waals surface area contributed by atoms with Gasteiger partial charge in [-0.1, -0.05) is 37.8 Å². The predicted octanol–water partition coefficient (Wildman–Crippen LogP) is 3.56. The van der Waals surface area contributed by atoms with Gasteiger partial charge in [0.25, 0.3) is 5.91 Å². The van der Waals surface area contributed by atoms with Gasteiger partial charge in [0, 0.05) is 24.5 Å². The van der Waals surface area contributed by atoms with Gasteiger partial charge in [0.2, 0.25) is 0 Å². The van der Waals surface area contributed by atoms with Crippen molar-refractivity contribution < 1.29 is 19.0 Å². The molecule has 1 aliphatic heterocycles. The molecule has 3 fully saturated rings. The van der Waals surface area contributed by atoms with Gasteiger partial charge in [-0.25, -0.2) is 0 Å². The van der Waals surface area contributed by atoms with Crippen molar-refractivity contribution in [3.05, 3.63) is 24.3 Å². The lowest BCUT2D eigenvalue weighted by Gasteiger charge is -2.51. The smallest absolute Gasteiger partial charge is 0.263 e. The Labute approximate surface area is 161 Å². The third kappa shape index (κ3) is 3.42. The fourth-order valence-electron chi connectivity index (χ4n) is 5.21. The van der Waals surface area contributed by atoms with Crippen molar-refractivity contribution in [3.8, 4) is 11.5 Å². The number of carbonyl (C=O) groups excluding carboxylic acids is 1. The molecule has 5 nitrogen and oxygen atoms in total. The lowest BCUT2D eigenvalue weighted by molar-refractivity contribution is -0.142. The molecule has 0 radical (unpaired) electrons. The minimum absolute atomic E-state index is 0.0632. The summed E-state index contributed by atoms with van der Waals surface area (Å²) in [5, 5.41) is 3.33. The average molecular weight is 373 g/mol. The minimum atomic E-state index is -0.973. The lowest BCUT2D eigenvalue weighted by Crippen LogP contribution is -2.65. The molecule has 0 bridgehead atoms. The quantitative estimate of drug-likeness (QED) is 0.828. The van der Waals surface area contributed by atoms with E-state index in [1.54, 1.807) is 7.11 Å². The zero-order chi connectivity index (χ0) is 19.0. The highest BCUT2D eigenvalue weighted by Gasteiger charge is 2.57. The van der Waals surface area contributed by atoms with Crippen LogP contribution in [0.25, 0.3) is 0 Å². The molecule has 4 atom stereocenters. The number of nitrogens with one attached hydrogen (secondary N) is 1. The Morgan fingerprint density at radius 1 is 1.15 bits per heavy atom. The van der Waals surface area contributed by atoms with Crippen LogP contribution in [-0.4, -0.2) is 37.4 Å². The molecule has 1 aromatic carbocycles. The maximum atomic E-state index is 13.1. The molecule has 0 unspecified atom stereocenters. The second-order valence-electron chi connectivity index (χ2n) is 8.67. The third-order valence-corrected chi connectivity index (χ3v) is 6.66. The average Bonchev–Trinajstić information content (AvgIpc) is 3.30. The summed E-state index contributed by atoms with van der Waals surface area (Å²) in [4.78, 5) is 13.1. The molecular weight excluding hydrogens is 342 g/mol. The van der Waals surface area contributed by atoms with Gasteiger partial charge in [0.05, 0.1) is 13.2 Å². The number of ether oxygens (including phenoxy) is 3. The third-order valence-electron chi connectivity index (χ3n) is 6.66. The molecule has 27 heavy (non-hydrogen) atoms. The van der Waals surface area contributed by atoms with E-state index in [4.69, 9.17) is 14.2 Å². The number of amides is 1. The molecule has 3 aliphatic rings. The van der Waals surface area contributed by atoms with Crippen LogP contribution >= 0.6 is 0 Å². The van der Waals surface area contributed by atoms with Crippen molar-refractivity contribution >= 4 is 5.91 Å². The summed E-state index contributed by atoms with van der Waals surface area (Å²) in [7, 11) is 1.61. The molecule has 1 saturated heterocycles. The first-order valence-electron chi connectivity index (χ1n) is 10.3. The van der Waals surface area contributed by atoms with E-state index in [1.165, 1.54) is 25.7 Å². The van der Waals surface area contributed by atoms with E-state index >= 15 is 0 Å². The highest BCUT2D eigenvalue weighted by molar-refractivity contribution is 5.85. The highest BCUT2D eigenvalue weighted by Crippen LogP contribution is 2.51. The molecule has 1 aromatic rings. The summed E-state index contributed by atoms with van der Waals surface area (Å²) in [5.74, 6) is 2.77. The Hall–Kier alpha value is -1.75. The summed E-state index contributed by atoms with van der Waals surface area (Å²) in [5.41, 5.74) is -0.973. The zero-order valence-electron chi connectivity index (χ0n) is 16.6. The maximum Gasteiger partial charge on any atom is 0.263 e. The number of hydrogen-bond acceptors (Lipinski definition) is 4. The fourth-order valence-corrected chi connectivity index (χ4v) is 5.21. The van der Waals surface area contributed by atoms with Crippen LogP contribution in [0.15, 0.2) is 24.3 Å². The van der Waals surface area contributed by atoms with Crippen LogP contribution in [-0.2, 0) is 9.53 Å². The Kier molecular flexibility index (Phi) is 5.06. The molecule has 1 N–H and O–H groups in total. The Morgan fingerprint density at radius 3 is 2.56 bits per heavy atom. The van der Waals surface area contributed by atoms with E-state index in [0.29, 0.717) is 35.4 Å². The highest BCUT2D eigenvalue weighted by atomic mass is 16.5.